The van der Waals surface area contributed by atoms with Gasteiger partial charge in [-0.2, -0.15) is 13.2 Å². The van der Waals surface area contributed by atoms with Crippen molar-refractivity contribution in [2.24, 2.45) is 0 Å². The van der Waals surface area contributed by atoms with Crippen molar-refractivity contribution in [1.82, 2.24) is 4.98 Å². The number of amides is 3. The zero-order valence-electron chi connectivity index (χ0n) is 13.6. The van der Waals surface area contributed by atoms with E-state index in [9.17, 15) is 32.3 Å². The first-order chi connectivity index (χ1) is 12.7. The fourth-order valence-electron chi connectivity index (χ4n) is 2.59. The molecule has 0 atom stereocenters. The third-order valence-corrected chi connectivity index (χ3v) is 3.90. The van der Waals surface area contributed by atoms with E-state index in [1.807, 2.05) is 4.98 Å². The average Bonchev–Trinajstić information content (AvgIpc) is 2.94. The quantitative estimate of drug-likeness (QED) is 0.800. The van der Waals surface area contributed by atoms with Gasteiger partial charge >= 0.3 is 6.18 Å². The van der Waals surface area contributed by atoms with E-state index in [-0.39, 0.29) is 24.1 Å². The molecule has 3 amide bonds. The highest BCUT2D eigenvalue weighted by molar-refractivity contribution is 6.20. The first kappa shape index (κ1) is 18.4. The molecule has 27 heavy (non-hydrogen) atoms. The number of carbonyl (C=O) groups excluding carboxylic acids is 3. The molecule has 1 aliphatic heterocycles. The smallest absolute Gasteiger partial charge is 0.327 e. The first-order valence-corrected chi connectivity index (χ1v) is 7.74. The normalized spacial score (nSPS) is 14.6. The Morgan fingerprint density at radius 1 is 1.07 bits per heavy atom. The molecular weight excluding hydrogens is 367 g/mol. The third kappa shape index (κ3) is 3.73. The summed E-state index contributed by atoms with van der Waals surface area (Å²) in [5.74, 6) is -1.68. The number of nitrogens with zero attached hydrogens (tertiary/aromatic N) is 1. The molecule has 2 N–H and O–H groups in total. The van der Waals surface area contributed by atoms with Gasteiger partial charge in [0.25, 0.3) is 11.5 Å². The van der Waals surface area contributed by atoms with Gasteiger partial charge in [0.1, 0.15) is 5.69 Å². The minimum Gasteiger partial charge on any atom is -0.327 e. The van der Waals surface area contributed by atoms with Crippen molar-refractivity contribution >= 4 is 29.1 Å². The van der Waals surface area contributed by atoms with Crippen LogP contribution in [0.1, 0.15) is 28.8 Å². The number of halogens is 3. The van der Waals surface area contributed by atoms with E-state index < -0.39 is 40.7 Å². The van der Waals surface area contributed by atoms with Gasteiger partial charge in [0, 0.05) is 24.6 Å². The lowest BCUT2D eigenvalue weighted by atomic mass is 10.1. The minimum atomic E-state index is -4.69. The monoisotopic (exact) mass is 379 g/mol. The highest BCUT2D eigenvalue weighted by Gasteiger charge is 2.32. The topological polar surface area (TPSA) is 99.3 Å². The van der Waals surface area contributed by atoms with Crippen molar-refractivity contribution in [2.45, 2.75) is 19.0 Å². The number of pyridine rings is 1. The van der Waals surface area contributed by atoms with Gasteiger partial charge in [-0.1, -0.05) is 6.07 Å². The molecule has 1 aromatic carbocycles. The summed E-state index contributed by atoms with van der Waals surface area (Å²) in [7, 11) is 0. The number of nitrogens with one attached hydrogen (secondary N) is 2. The maximum atomic E-state index is 12.8. The Morgan fingerprint density at radius 2 is 1.74 bits per heavy atom. The lowest BCUT2D eigenvalue weighted by Gasteiger charge is -2.15. The van der Waals surface area contributed by atoms with Gasteiger partial charge in [-0.3, -0.25) is 24.1 Å². The van der Waals surface area contributed by atoms with Crippen molar-refractivity contribution in [3.8, 4) is 0 Å². The number of alkyl halides is 3. The summed E-state index contributed by atoms with van der Waals surface area (Å²) in [6.07, 6.45) is -4.06. The molecule has 2 heterocycles. The van der Waals surface area contributed by atoms with E-state index in [4.69, 9.17) is 0 Å². The van der Waals surface area contributed by atoms with Crippen LogP contribution >= 0.6 is 0 Å². The summed E-state index contributed by atoms with van der Waals surface area (Å²) in [5, 5.41) is 2.11. The van der Waals surface area contributed by atoms with E-state index in [0.29, 0.717) is 12.3 Å². The number of carbonyl (C=O) groups is 3. The highest BCUT2D eigenvalue weighted by atomic mass is 19.4. The molecule has 0 unspecified atom stereocenters. The van der Waals surface area contributed by atoms with Crippen LogP contribution in [-0.2, 0) is 15.8 Å². The van der Waals surface area contributed by atoms with E-state index >= 15 is 0 Å². The molecule has 0 saturated carbocycles. The number of hydrogen-bond acceptors (Lipinski definition) is 4. The Bertz CT molecular complexity index is 981. The zero-order chi connectivity index (χ0) is 19.8. The first-order valence-electron chi connectivity index (χ1n) is 7.74. The van der Waals surface area contributed by atoms with Crippen molar-refractivity contribution in [3.63, 3.8) is 0 Å². The second-order valence-electron chi connectivity index (χ2n) is 5.76. The summed E-state index contributed by atoms with van der Waals surface area (Å²) in [4.78, 5) is 50.4. The van der Waals surface area contributed by atoms with Crippen LogP contribution in [0.4, 0.5) is 24.5 Å². The van der Waals surface area contributed by atoms with Gasteiger partial charge in [0.2, 0.25) is 11.8 Å². The fourth-order valence-corrected chi connectivity index (χ4v) is 2.59. The summed E-state index contributed by atoms with van der Waals surface area (Å²) in [6.45, 7) is 0. The molecule has 1 aliphatic rings. The van der Waals surface area contributed by atoms with Crippen LogP contribution in [0.2, 0.25) is 0 Å². The SMILES string of the molecule is O=C(Nc1cc(C(F)(F)F)c[nH]c1=O)c1cccc(N2C(=O)CCC2=O)c1. The zero-order valence-corrected chi connectivity index (χ0v) is 13.6. The molecule has 0 radical (unpaired) electrons. The third-order valence-electron chi connectivity index (χ3n) is 3.90. The van der Waals surface area contributed by atoms with Gasteiger partial charge in [0.05, 0.1) is 11.3 Å². The number of hydrogen-bond donors (Lipinski definition) is 2. The Kier molecular flexibility index (Phi) is 4.56. The Labute approximate surface area is 149 Å². The van der Waals surface area contributed by atoms with Crippen LogP contribution in [-0.4, -0.2) is 22.7 Å². The lowest BCUT2D eigenvalue weighted by molar-refractivity contribution is -0.137. The number of aromatic amines is 1. The van der Waals surface area contributed by atoms with Crippen molar-refractivity contribution in [3.05, 3.63) is 58.0 Å². The van der Waals surface area contributed by atoms with Crippen molar-refractivity contribution in [2.75, 3.05) is 10.2 Å². The molecule has 1 aromatic heterocycles. The van der Waals surface area contributed by atoms with Crippen molar-refractivity contribution in [1.29, 1.82) is 0 Å². The van der Waals surface area contributed by atoms with Gasteiger partial charge in [-0.25, -0.2) is 0 Å². The molecule has 2 aromatic rings. The fraction of sp³-hybridized carbons (Fsp3) is 0.176. The largest absolute Gasteiger partial charge is 0.417 e. The molecule has 140 valence electrons. The maximum absolute atomic E-state index is 12.8. The van der Waals surface area contributed by atoms with Crippen LogP contribution in [0.25, 0.3) is 0 Å². The van der Waals surface area contributed by atoms with E-state index in [1.165, 1.54) is 24.3 Å². The standard InChI is InChI=1S/C17H12F3N3O4/c18-17(19,20)10-7-12(16(27)21-8-10)22-15(26)9-2-1-3-11(6-9)23-13(24)4-5-14(23)25/h1-3,6-8H,4-5H2,(H,21,27)(H,22,26). The number of imide groups is 1. The van der Waals surface area contributed by atoms with Gasteiger partial charge < -0.3 is 10.3 Å². The lowest BCUT2D eigenvalue weighted by Crippen LogP contribution is -2.29. The molecule has 0 bridgehead atoms. The minimum absolute atomic E-state index is 0.0307. The summed E-state index contributed by atoms with van der Waals surface area (Å²) < 4.78 is 38.3. The Morgan fingerprint density at radius 3 is 2.37 bits per heavy atom. The van der Waals surface area contributed by atoms with Crippen molar-refractivity contribution < 1.29 is 27.6 Å². The summed E-state index contributed by atoms with van der Waals surface area (Å²) in [6, 6.07) is 5.98. The predicted molar refractivity (Wildman–Crippen MR) is 88.2 cm³/mol. The number of rotatable bonds is 3. The molecule has 0 aliphatic carbocycles. The van der Waals surface area contributed by atoms with E-state index in [2.05, 4.69) is 5.32 Å². The Hall–Kier alpha value is -3.43. The average molecular weight is 379 g/mol. The second kappa shape index (κ2) is 6.71. The van der Waals surface area contributed by atoms with E-state index in [1.54, 1.807) is 0 Å². The molecule has 3 rings (SSSR count). The summed E-state index contributed by atoms with van der Waals surface area (Å²) in [5.41, 5.74) is -2.46. The molecular formula is C17H12F3N3O4. The van der Waals surface area contributed by atoms with Crippen LogP contribution in [0.3, 0.4) is 0 Å². The number of H-pyrrole nitrogens is 1. The predicted octanol–water partition coefficient (Wildman–Crippen LogP) is 2.30. The van der Waals surface area contributed by atoms with Gasteiger partial charge in [-0.15, -0.1) is 0 Å². The maximum Gasteiger partial charge on any atom is 0.417 e. The van der Waals surface area contributed by atoms with Crippen LogP contribution in [0.5, 0.6) is 0 Å². The molecule has 1 saturated heterocycles. The molecule has 7 nitrogen and oxygen atoms in total. The van der Waals surface area contributed by atoms with Crippen LogP contribution in [0, 0.1) is 0 Å². The number of anilines is 2. The second-order valence-corrected chi connectivity index (χ2v) is 5.76. The summed E-state index contributed by atoms with van der Waals surface area (Å²) >= 11 is 0. The highest BCUT2D eigenvalue weighted by Crippen LogP contribution is 2.29. The Balaban J connectivity index is 1.88. The van der Waals surface area contributed by atoms with Gasteiger partial charge in [-0.05, 0) is 24.3 Å². The van der Waals surface area contributed by atoms with E-state index in [0.717, 1.165) is 4.90 Å². The molecule has 0 spiro atoms. The van der Waals surface area contributed by atoms with Crippen LogP contribution < -0.4 is 15.8 Å². The molecule has 1 fully saturated rings. The molecule has 10 heteroatoms. The number of aromatic nitrogens is 1. The number of benzene rings is 1. The van der Waals surface area contributed by atoms with Crippen LogP contribution in [0.15, 0.2) is 41.3 Å². The van der Waals surface area contributed by atoms with Gasteiger partial charge in [0.15, 0.2) is 0 Å².